The second-order valence-corrected chi connectivity index (χ2v) is 21.2. The van der Waals surface area contributed by atoms with Crippen LogP contribution in [0.2, 0.25) is 10.1 Å². The third kappa shape index (κ3) is 6.37. The van der Waals surface area contributed by atoms with Crippen molar-refractivity contribution >= 4 is 58.5 Å². The summed E-state index contributed by atoms with van der Waals surface area (Å²) in [5, 5.41) is 8.24. The first-order chi connectivity index (χ1) is 25.0. The number of carbonyl (C=O) groups excluding carboxylic acids is 1. The van der Waals surface area contributed by atoms with Gasteiger partial charge in [-0.1, -0.05) is 93.0 Å². The second kappa shape index (κ2) is 13.8. The van der Waals surface area contributed by atoms with E-state index in [-0.39, 0.29) is 33.9 Å². The number of anilines is 2. The number of pyridine rings is 1. The maximum atomic E-state index is 13.2. The Bertz CT molecular complexity index is 1870. The number of hydrogen-bond donors (Lipinski definition) is 1. The first-order valence-corrected chi connectivity index (χ1v) is 21.2. The SMILES string of the molecule is CC(C)(C)[Si](O[C@H]1COC[C@@]1(C)N1CCN(c2cc3cc(NC(=O)[C@H]4CC45CCOCC5)ncc3cc2Cl)CC1)(c1ccccc1)c1ccccc1. The van der Waals surface area contributed by atoms with Gasteiger partial charge in [0, 0.05) is 56.9 Å². The molecule has 1 aliphatic carbocycles. The summed E-state index contributed by atoms with van der Waals surface area (Å²) in [6.07, 6.45) is 4.59. The fraction of sp³-hybridized carbons (Fsp3) is 0.476. The highest BCUT2D eigenvalue weighted by molar-refractivity contribution is 6.99. The number of rotatable bonds is 8. The highest BCUT2D eigenvalue weighted by Crippen LogP contribution is 2.59. The van der Waals surface area contributed by atoms with Gasteiger partial charge in [0.1, 0.15) is 5.82 Å². The molecule has 1 spiro atoms. The molecule has 10 heteroatoms. The fourth-order valence-corrected chi connectivity index (χ4v) is 14.2. The van der Waals surface area contributed by atoms with E-state index in [9.17, 15) is 4.79 Å². The molecule has 4 aromatic rings. The predicted molar refractivity (Wildman–Crippen MR) is 211 cm³/mol. The van der Waals surface area contributed by atoms with E-state index < -0.39 is 8.32 Å². The summed E-state index contributed by atoms with van der Waals surface area (Å²) in [7, 11) is -2.77. The topological polar surface area (TPSA) is 76.2 Å². The molecule has 3 aromatic carbocycles. The Kier molecular flexibility index (Phi) is 9.50. The molecule has 8 nitrogen and oxygen atoms in total. The molecule has 52 heavy (non-hydrogen) atoms. The Labute approximate surface area is 313 Å². The lowest BCUT2D eigenvalue weighted by atomic mass is 9.93. The average Bonchev–Trinajstić information content (AvgIpc) is 3.71. The summed E-state index contributed by atoms with van der Waals surface area (Å²) in [5.74, 6) is 0.707. The van der Waals surface area contributed by atoms with Crippen LogP contribution in [-0.2, 0) is 18.7 Å². The molecular formula is C42H51ClN4O4Si. The van der Waals surface area contributed by atoms with Crippen molar-refractivity contribution in [1.29, 1.82) is 0 Å². The molecule has 274 valence electrons. The lowest BCUT2D eigenvalue weighted by Gasteiger charge is -2.50. The van der Waals surface area contributed by atoms with Gasteiger partial charge in [-0.15, -0.1) is 0 Å². The lowest BCUT2D eigenvalue weighted by molar-refractivity contribution is -0.118. The largest absolute Gasteiger partial charge is 0.400 e. The quantitative estimate of drug-likeness (QED) is 0.207. The summed E-state index contributed by atoms with van der Waals surface area (Å²) in [5.41, 5.74) is 0.848. The first-order valence-electron chi connectivity index (χ1n) is 18.9. The van der Waals surface area contributed by atoms with Crippen LogP contribution in [-0.4, -0.2) is 88.4 Å². The van der Waals surface area contributed by atoms with Crippen LogP contribution >= 0.6 is 11.6 Å². The number of carbonyl (C=O) groups is 1. The maximum Gasteiger partial charge on any atom is 0.261 e. The molecule has 3 atom stereocenters. The first kappa shape index (κ1) is 35.7. The van der Waals surface area contributed by atoms with Gasteiger partial charge in [0.25, 0.3) is 8.32 Å². The predicted octanol–water partition coefficient (Wildman–Crippen LogP) is 6.50. The number of benzene rings is 3. The Morgan fingerprint density at radius 2 is 1.58 bits per heavy atom. The zero-order valence-electron chi connectivity index (χ0n) is 30.9. The van der Waals surface area contributed by atoms with Crippen LogP contribution in [0.1, 0.15) is 47.0 Å². The molecule has 3 saturated heterocycles. The third-order valence-corrected chi connectivity index (χ3v) is 17.8. The summed E-state index contributed by atoms with van der Waals surface area (Å²) in [6.45, 7) is 15.4. The van der Waals surface area contributed by atoms with E-state index in [1.807, 2.05) is 18.3 Å². The van der Waals surface area contributed by atoms with Gasteiger partial charge in [0.05, 0.1) is 35.6 Å². The summed E-state index contributed by atoms with van der Waals surface area (Å²) in [4.78, 5) is 22.7. The standard InChI is InChI=1S/C42H51ClN4O4Si/c1-40(2,3)52(32-11-7-5-8-12-32,33-13-9-6-10-14-33)51-37-28-50-29-41(37,4)47-19-17-46(18-20-47)36-24-30-25-38(44-27-31(30)23-35(36)43)45-39(48)34-26-42(34)15-21-49-22-16-42/h5-14,23-25,27,34,37H,15-22,26,28-29H2,1-4H3,(H,44,45,48)/t34-,37+,41-/m1/s1. The molecule has 1 aromatic heterocycles. The Morgan fingerprint density at radius 1 is 0.923 bits per heavy atom. The van der Waals surface area contributed by atoms with Gasteiger partial charge in [-0.25, -0.2) is 4.98 Å². The van der Waals surface area contributed by atoms with Gasteiger partial charge in [-0.2, -0.15) is 0 Å². The molecule has 8 rings (SSSR count). The molecule has 3 aliphatic heterocycles. The Morgan fingerprint density at radius 3 is 2.21 bits per heavy atom. The van der Waals surface area contributed by atoms with Crippen LogP contribution in [0.3, 0.4) is 0 Å². The normalized spacial score (nSPS) is 25.1. The van der Waals surface area contributed by atoms with Crippen LogP contribution in [0.5, 0.6) is 0 Å². The minimum Gasteiger partial charge on any atom is -0.400 e. The molecule has 0 bridgehead atoms. The number of hydrogen-bond acceptors (Lipinski definition) is 7. The van der Waals surface area contributed by atoms with E-state index in [0.29, 0.717) is 24.1 Å². The van der Waals surface area contributed by atoms with Crippen molar-refractivity contribution < 1.29 is 18.7 Å². The van der Waals surface area contributed by atoms with Crippen molar-refractivity contribution in [3.8, 4) is 0 Å². The molecule has 4 aliphatic rings. The van der Waals surface area contributed by atoms with E-state index in [0.717, 1.165) is 75.1 Å². The van der Waals surface area contributed by atoms with Crippen LogP contribution in [0, 0.1) is 11.3 Å². The lowest BCUT2D eigenvalue weighted by Crippen LogP contribution is -2.71. The molecule has 1 amide bonds. The maximum absolute atomic E-state index is 13.2. The number of ether oxygens (including phenoxy) is 2. The van der Waals surface area contributed by atoms with Crippen molar-refractivity contribution in [2.45, 2.75) is 63.6 Å². The van der Waals surface area contributed by atoms with Gasteiger partial charge < -0.3 is 24.1 Å². The van der Waals surface area contributed by atoms with Crippen molar-refractivity contribution in [3.05, 3.63) is 90.1 Å². The number of aromatic nitrogens is 1. The smallest absolute Gasteiger partial charge is 0.261 e. The third-order valence-electron chi connectivity index (χ3n) is 12.5. The fourth-order valence-electron chi connectivity index (χ4n) is 9.19. The zero-order chi connectivity index (χ0) is 36.1. The van der Waals surface area contributed by atoms with Gasteiger partial charge in [-0.3, -0.25) is 9.69 Å². The monoisotopic (exact) mass is 738 g/mol. The van der Waals surface area contributed by atoms with E-state index in [1.54, 1.807) is 0 Å². The van der Waals surface area contributed by atoms with Crippen LogP contribution in [0.4, 0.5) is 11.5 Å². The number of nitrogens with one attached hydrogen (secondary N) is 1. The molecule has 4 heterocycles. The highest BCUT2D eigenvalue weighted by atomic mass is 35.5. The molecular weight excluding hydrogens is 688 g/mol. The number of piperazine rings is 1. The zero-order valence-corrected chi connectivity index (χ0v) is 32.6. The van der Waals surface area contributed by atoms with Crippen LogP contribution in [0.15, 0.2) is 85.1 Å². The minimum atomic E-state index is -2.77. The number of nitrogens with zero attached hydrogens (tertiary/aromatic N) is 3. The van der Waals surface area contributed by atoms with E-state index in [2.05, 4.69) is 115 Å². The Hall–Kier alpha value is -3.31. The Balaban J connectivity index is 0.992. The highest BCUT2D eigenvalue weighted by Gasteiger charge is 2.58. The molecule has 4 fully saturated rings. The van der Waals surface area contributed by atoms with E-state index in [1.165, 1.54) is 10.4 Å². The van der Waals surface area contributed by atoms with Crippen molar-refractivity contribution in [2.24, 2.45) is 11.3 Å². The van der Waals surface area contributed by atoms with Gasteiger partial charge in [0.15, 0.2) is 0 Å². The molecule has 1 saturated carbocycles. The molecule has 0 radical (unpaired) electrons. The van der Waals surface area contributed by atoms with Crippen molar-refractivity contribution in [2.75, 3.05) is 62.8 Å². The van der Waals surface area contributed by atoms with Crippen LogP contribution in [0.25, 0.3) is 10.8 Å². The van der Waals surface area contributed by atoms with Crippen molar-refractivity contribution in [1.82, 2.24) is 9.88 Å². The van der Waals surface area contributed by atoms with E-state index in [4.69, 9.17) is 25.5 Å². The van der Waals surface area contributed by atoms with E-state index >= 15 is 0 Å². The average molecular weight is 739 g/mol. The summed E-state index contributed by atoms with van der Waals surface area (Å²) >= 11 is 6.94. The van der Waals surface area contributed by atoms with Gasteiger partial charge >= 0.3 is 0 Å². The minimum absolute atomic E-state index is 0.0481. The summed E-state index contributed by atoms with van der Waals surface area (Å²) < 4.78 is 19.5. The van der Waals surface area contributed by atoms with Gasteiger partial charge in [-0.05, 0) is 70.6 Å². The van der Waals surface area contributed by atoms with Gasteiger partial charge in [0.2, 0.25) is 5.91 Å². The molecule has 1 N–H and O–H groups in total. The van der Waals surface area contributed by atoms with Crippen molar-refractivity contribution in [3.63, 3.8) is 0 Å². The number of amides is 1. The molecule has 0 unspecified atom stereocenters. The van der Waals surface area contributed by atoms with Crippen LogP contribution < -0.4 is 20.6 Å². The number of halogens is 1. The number of fused-ring (bicyclic) bond motifs is 1. The second-order valence-electron chi connectivity index (χ2n) is 16.6. The summed E-state index contributed by atoms with van der Waals surface area (Å²) in [6, 6.07) is 27.9.